The van der Waals surface area contributed by atoms with Crippen molar-refractivity contribution in [3.05, 3.63) is 29.3 Å². The molecule has 0 atom stereocenters. The third-order valence-corrected chi connectivity index (χ3v) is 5.96. The molecule has 1 aliphatic carbocycles. The van der Waals surface area contributed by atoms with Crippen molar-refractivity contribution < 1.29 is 8.42 Å². The van der Waals surface area contributed by atoms with E-state index in [2.05, 4.69) is 11.6 Å². The Labute approximate surface area is 128 Å². The number of nitrogens with two attached hydrogens (primary N) is 1. The molecule has 0 unspecified atom stereocenters. The molecule has 1 saturated carbocycles. The molecule has 0 spiro atoms. The molecule has 0 radical (unpaired) electrons. The first-order valence-electron chi connectivity index (χ1n) is 7.71. The molecule has 2 rings (SSSR count). The van der Waals surface area contributed by atoms with E-state index < -0.39 is 10.0 Å². The Balaban J connectivity index is 2.00. The van der Waals surface area contributed by atoms with Gasteiger partial charge in [0.2, 0.25) is 10.0 Å². The van der Waals surface area contributed by atoms with Crippen molar-refractivity contribution in [1.29, 1.82) is 0 Å². The van der Waals surface area contributed by atoms with Crippen molar-refractivity contribution in [2.45, 2.75) is 51.0 Å². The first-order chi connectivity index (χ1) is 9.92. The second kappa shape index (κ2) is 6.90. The fourth-order valence-corrected chi connectivity index (χ4v) is 4.11. The molecule has 3 N–H and O–H groups in total. The van der Waals surface area contributed by atoms with Crippen molar-refractivity contribution in [1.82, 2.24) is 4.72 Å². The smallest absolute Gasteiger partial charge is 0.240 e. The minimum absolute atomic E-state index is 0.335. The summed E-state index contributed by atoms with van der Waals surface area (Å²) in [5, 5.41) is 0. The lowest BCUT2D eigenvalue weighted by Crippen LogP contribution is -2.31. The Morgan fingerprint density at radius 1 is 1.24 bits per heavy atom. The molecule has 0 aromatic heterocycles. The van der Waals surface area contributed by atoms with Gasteiger partial charge in [-0.05, 0) is 54.9 Å². The molecule has 0 bridgehead atoms. The molecule has 118 valence electrons. The Bertz CT molecular complexity index is 576. The predicted octanol–water partition coefficient (Wildman–Crippen LogP) is 2.56. The van der Waals surface area contributed by atoms with Gasteiger partial charge in [0.1, 0.15) is 0 Å². The van der Waals surface area contributed by atoms with Gasteiger partial charge in [0.25, 0.3) is 0 Å². The van der Waals surface area contributed by atoms with E-state index >= 15 is 0 Å². The highest BCUT2D eigenvalue weighted by Gasteiger charge is 2.21. The zero-order valence-corrected chi connectivity index (χ0v) is 13.7. The minimum atomic E-state index is -3.41. The molecule has 1 fully saturated rings. The summed E-state index contributed by atoms with van der Waals surface area (Å²) in [5.74, 6) is 1.25. The lowest BCUT2D eigenvalue weighted by molar-refractivity contribution is 0.290. The van der Waals surface area contributed by atoms with Crippen LogP contribution in [0.3, 0.4) is 0 Å². The summed E-state index contributed by atoms with van der Waals surface area (Å²) in [4.78, 5) is 0.335. The summed E-state index contributed by atoms with van der Waals surface area (Å²) in [7, 11) is -3.41. The number of benzene rings is 1. The average Bonchev–Trinajstić information content (AvgIpc) is 2.46. The number of rotatable bonds is 5. The van der Waals surface area contributed by atoms with Crippen molar-refractivity contribution in [2.75, 3.05) is 6.54 Å². The summed E-state index contributed by atoms with van der Waals surface area (Å²) in [6.07, 6.45) is 4.65. The molecule has 0 heterocycles. The number of aryl methyl sites for hydroxylation is 1. The first kappa shape index (κ1) is 16.5. The van der Waals surface area contributed by atoms with Gasteiger partial charge >= 0.3 is 0 Å². The van der Waals surface area contributed by atoms with E-state index in [-0.39, 0.29) is 0 Å². The SMILES string of the molecule is Cc1cc(S(=O)(=O)NCC2CCC(C)CC2)ccc1CN. The molecule has 0 amide bonds. The van der Waals surface area contributed by atoms with E-state index in [9.17, 15) is 8.42 Å². The fraction of sp³-hybridized carbons (Fsp3) is 0.625. The van der Waals surface area contributed by atoms with Crippen molar-refractivity contribution in [3.63, 3.8) is 0 Å². The van der Waals surface area contributed by atoms with Crippen LogP contribution in [0.1, 0.15) is 43.7 Å². The zero-order valence-electron chi connectivity index (χ0n) is 12.9. The third kappa shape index (κ3) is 4.28. The molecule has 1 aromatic carbocycles. The van der Waals surface area contributed by atoms with Crippen LogP contribution < -0.4 is 10.5 Å². The highest BCUT2D eigenvalue weighted by Crippen LogP contribution is 2.28. The van der Waals surface area contributed by atoms with E-state index in [0.717, 1.165) is 29.9 Å². The minimum Gasteiger partial charge on any atom is -0.326 e. The second-order valence-corrected chi connectivity index (χ2v) is 8.04. The van der Waals surface area contributed by atoms with Crippen LogP contribution in [0.2, 0.25) is 0 Å². The number of nitrogens with one attached hydrogen (secondary N) is 1. The van der Waals surface area contributed by atoms with E-state index in [1.165, 1.54) is 12.8 Å². The Kier molecular flexibility index (Phi) is 5.41. The summed E-state index contributed by atoms with van der Waals surface area (Å²) < 4.78 is 27.5. The summed E-state index contributed by atoms with van der Waals surface area (Å²) in [6, 6.07) is 5.14. The van der Waals surface area contributed by atoms with Crippen molar-refractivity contribution >= 4 is 10.0 Å². The van der Waals surface area contributed by atoms with Gasteiger partial charge in [0, 0.05) is 13.1 Å². The van der Waals surface area contributed by atoms with Gasteiger partial charge in [-0.3, -0.25) is 0 Å². The maximum atomic E-state index is 12.3. The molecule has 1 aliphatic rings. The lowest BCUT2D eigenvalue weighted by Gasteiger charge is -2.26. The average molecular weight is 310 g/mol. The normalized spacial score (nSPS) is 23.2. The van der Waals surface area contributed by atoms with E-state index in [1.807, 2.05) is 6.92 Å². The van der Waals surface area contributed by atoms with Crippen LogP contribution in [-0.2, 0) is 16.6 Å². The molecule has 4 nitrogen and oxygen atoms in total. The highest BCUT2D eigenvalue weighted by molar-refractivity contribution is 7.89. The van der Waals surface area contributed by atoms with Crippen LogP contribution in [0.15, 0.2) is 23.1 Å². The lowest BCUT2D eigenvalue weighted by atomic mass is 9.83. The van der Waals surface area contributed by atoms with Gasteiger partial charge in [0.05, 0.1) is 4.90 Å². The van der Waals surface area contributed by atoms with Gasteiger partial charge in [-0.25, -0.2) is 13.1 Å². The Hall–Kier alpha value is -0.910. The quantitative estimate of drug-likeness (QED) is 0.878. The molecule has 1 aromatic rings. The van der Waals surface area contributed by atoms with Crippen LogP contribution in [0, 0.1) is 18.8 Å². The number of hydrogen-bond donors (Lipinski definition) is 2. The molecular formula is C16H26N2O2S. The first-order valence-corrected chi connectivity index (χ1v) is 9.20. The summed E-state index contributed by atoms with van der Waals surface area (Å²) >= 11 is 0. The maximum absolute atomic E-state index is 12.3. The van der Waals surface area contributed by atoms with Crippen molar-refractivity contribution in [3.8, 4) is 0 Å². The van der Waals surface area contributed by atoms with Crippen LogP contribution >= 0.6 is 0 Å². The molecule has 0 saturated heterocycles. The van der Waals surface area contributed by atoms with Crippen LogP contribution in [-0.4, -0.2) is 15.0 Å². The topological polar surface area (TPSA) is 72.2 Å². The number of hydrogen-bond acceptors (Lipinski definition) is 3. The Morgan fingerprint density at radius 2 is 1.90 bits per heavy atom. The zero-order chi connectivity index (χ0) is 15.5. The van der Waals surface area contributed by atoms with E-state index in [0.29, 0.717) is 23.9 Å². The largest absolute Gasteiger partial charge is 0.326 e. The molecular weight excluding hydrogens is 284 g/mol. The summed E-state index contributed by atoms with van der Waals surface area (Å²) in [6.45, 7) is 5.14. The number of sulfonamides is 1. The molecule has 21 heavy (non-hydrogen) atoms. The predicted molar refractivity (Wildman–Crippen MR) is 85.4 cm³/mol. The van der Waals surface area contributed by atoms with Gasteiger partial charge in [-0.2, -0.15) is 0 Å². The van der Waals surface area contributed by atoms with Gasteiger partial charge in [-0.15, -0.1) is 0 Å². The molecule has 5 heteroatoms. The Morgan fingerprint density at radius 3 is 2.48 bits per heavy atom. The standard InChI is InChI=1S/C16H26N2O2S/c1-12-3-5-14(6-4-12)11-18-21(19,20)16-8-7-15(10-17)13(2)9-16/h7-9,12,14,18H,3-6,10-11,17H2,1-2H3. The van der Waals surface area contributed by atoms with Gasteiger partial charge in [0.15, 0.2) is 0 Å². The summed E-state index contributed by atoms with van der Waals surface area (Å²) in [5.41, 5.74) is 7.52. The van der Waals surface area contributed by atoms with Gasteiger partial charge < -0.3 is 5.73 Å². The fourth-order valence-electron chi connectivity index (χ4n) is 2.91. The van der Waals surface area contributed by atoms with Crippen molar-refractivity contribution in [2.24, 2.45) is 17.6 Å². The van der Waals surface area contributed by atoms with Crippen LogP contribution in [0.4, 0.5) is 0 Å². The third-order valence-electron chi connectivity index (χ3n) is 4.54. The van der Waals surface area contributed by atoms with Crippen LogP contribution in [0.25, 0.3) is 0 Å². The molecule has 0 aliphatic heterocycles. The monoisotopic (exact) mass is 310 g/mol. The van der Waals surface area contributed by atoms with Gasteiger partial charge in [-0.1, -0.05) is 25.8 Å². The highest BCUT2D eigenvalue weighted by atomic mass is 32.2. The second-order valence-electron chi connectivity index (χ2n) is 6.27. The van der Waals surface area contributed by atoms with E-state index in [4.69, 9.17) is 5.73 Å². The van der Waals surface area contributed by atoms with E-state index in [1.54, 1.807) is 18.2 Å². The maximum Gasteiger partial charge on any atom is 0.240 e. The van der Waals surface area contributed by atoms with Crippen LogP contribution in [0.5, 0.6) is 0 Å².